The van der Waals surface area contributed by atoms with Crippen molar-refractivity contribution in [3.63, 3.8) is 0 Å². The number of morpholine rings is 1. The van der Waals surface area contributed by atoms with E-state index in [4.69, 9.17) is 4.74 Å². The van der Waals surface area contributed by atoms with Gasteiger partial charge in [-0.1, -0.05) is 23.8 Å². The van der Waals surface area contributed by atoms with Gasteiger partial charge in [0, 0.05) is 39.1 Å². The molecule has 0 aliphatic carbocycles. The molecule has 1 amide bonds. The van der Waals surface area contributed by atoms with Crippen molar-refractivity contribution in [2.24, 2.45) is 4.99 Å². The number of carbonyl (C=O) groups is 1. The van der Waals surface area contributed by atoms with Crippen molar-refractivity contribution in [3.05, 3.63) is 65.0 Å². The minimum Gasteiger partial charge on any atom is -0.370 e. The summed E-state index contributed by atoms with van der Waals surface area (Å²) in [5.74, 6) is 0.690. The zero-order chi connectivity index (χ0) is 20.6. The maximum atomic E-state index is 12.1. The molecule has 162 valence electrons. The number of hydrogen-bond acceptors (Lipinski definition) is 4. The molecule has 1 aromatic heterocycles. The first-order chi connectivity index (χ1) is 14.1. The molecule has 30 heavy (non-hydrogen) atoms. The van der Waals surface area contributed by atoms with Crippen LogP contribution in [0.1, 0.15) is 33.2 Å². The van der Waals surface area contributed by atoms with E-state index in [2.05, 4.69) is 57.6 Å². The molecule has 0 saturated carbocycles. The number of carbonyl (C=O) groups excluding carboxylic acids is 1. The van der Waals surface area contributed by atoms with E-state index < -0.39 is 0 Å². The van der Waals surface area contributed by atoms with E-state index in [1.54, 1.807) is 31.6 Å². The second-order valence-electron chi connectivity index (χ2n) is 7.14. The summed E-state index contributed by atoms with van der Waals surface area (Å²) in [4.78, 5) is 22.7. The number of ether oxygens (including phenoxy) is 1. The molecule has 0 spiro atoms. The number of rotatable bonds is 5. The molecule has 2 aromatic rings. The largest absolute Gasteiger partial charge is 0.370 e. The second kappa shape index (κ2) is 11.8. The van der Waals surface area contributed by atoms with E-state index in [-0.39, 0.29) is 36.0 Å². The van der Waals surface area contributed by atoms with Crippen molar-refractivity contribution < 1.29 is 9.53 Å². The minimum atomic E-state index is -0.129. The van der Waals surface area contributed by atoms with Crippen LogP contribution >= 0.6 is 24.0 Å². The third kappa shape index (κ3) is 6.40. The summed E-state index contributed by atoms with van der Waals surface area (Å²) >= 11 is 0. The Kier molecular flexibility index (Phi) is 9.51. The fraction of sp³-hybridized carbons (Fsp3) is 0.409. The normalized spacial score (nSPS) is 16.6. The van der Waals surface area contributed by atoms with Crippen LogP contribution in [0.2, 0.25) is 0 Å². The number of aromatic nitrogens is 1. The average molecular weight is 523 g/mol. The van der Waals surface area contributed by atoms with Crippen molar-refractivity contribution in [1.29, 1.82) is 0 Å². The highest BCUT2D eigenvalue weighted by Gasteiger charge is 2.25. The first kappa shape index (κ1) is 24.1. The summed E-state index contributed by atoms with van der Waals surface area (Å²) in [5.41, 5.74) is 4.28. The second-order valence-corrected chi connectivity index (χ2v) is 7.14. The van der Waals surface area contributed by atoms with Gasteiger partial charge in [0.1, 0.15) is 6.10 Å². The molecule has 3 rings (SSSR count). The van der Waals surface area contributed by atoms with Crippen LogP contribution in [0.3, 0.4) is 0 Å². The SMILES string of the molecule is CN=C(NCCNC(=O)c1cccnc1)N1CCOC(c2ccc(C)cc2C)C1.I. The van der Waals surface area contributed by atoms with Gasteiger partial charge in [-0.15, -0.1) is 24.0 Å². The number of aliphatic imine (C=N–C) groups is 1. The zero-order valence-electron chi connectivity index (χ0n) is 17.7. The van der Waals surface area contributed by atoms with Crippen molar-refractivity contribution in [2.45, 2.75) is 20.0 Å². The van der Waals surface area contributed by atoms with Crippen LogP contribution in [-0.2, 0) is 4.74 Å². The number of pyridine rings is 1. The van der Waals surface area contributed by atoms with Gasteiger partial charge in [-0.25, -0.2) is 0 Å². The number of nitrogens with one attached hydrogen (secondary N) is 2. The lowest BCUT2D eigenvalue weighted by Crippen LogP contribution is -2.49. The molecular formula is C22H30IN5O2. The third-order valence-corrected chi connectivity index (χ3v) is 4.97. The van der Waals surface area contributed by atoms with Crippen molar-refractivity contribution in [3.8, 4) is 0 Å². The first-order valence-electron chi connectivity index (χ1n) is 9.91. The van der Waals surface area contributed by atoms with Gasteiger partial charge in [0.15, 0.2) is 5.96 Å². The van der Waals surface area contributed by atoms with Gasteiger partial charge < -0.3 is 20.3 Å². The van der Waals surface area contributed by atoms with Gasteiger partial charge >= 0.3 is 0 Å². The lowest BCUT2D eigenvalue weighted by Gasteiger charge is -2.35. The van der Waals surface area contributed by atoms with Crippen LogP contribution in [0.5, 0.6) is 0 Å². The monoisotopic (exact) mass is 523 g/mol. The Labute approximate surface area is 195 Å². The molecule has 0 bridgehead atoms. The fourth-order valence-corrected chi connectivity index (χ4v) is 3.50. The third-order valence-electron chi connectivity index (χ3n) is 4.97. The number of halogens is 1. The van der Waals surface area contributed by atoms with Gasteiger partial charge in [0.05, 0.1) is 18.7 Å². The van der Waals surface area contributed by atoms with E-state index in [0.29, 0.717) is 25.3 Å². The van der Waals surface area contributed by atoms with E-state index in [1.807, 2.05) is 0 Å². The van der Waals surface area contributed by atoms with Crippen LogP contribution in [0, 0.1) is 13.8 Å². The van der Waals surface area contributed by atoms with Crippen molar-refractivity contribution >= 4 is 35.8 Å². The summed E-state index contributed by atoms with van der Waals surface area (Å²) in [6.45, 7) is 7.49. The maximum Gasteiger partial charge on any atom is 0.252 e. The van der Waals surface area contributed by atoms with Crippen LogP contribution in [-0.4, -0.2) is 61.6 Å². The molecule has 0 radical (unpaired) electrons. The van der Waals surface area contributed by atoms with E-state index in [0.717, 1.165) is 19.0 Å². The van der Waals surface area contributed by atoms with Crippen molar-refractivity contribution in [2.75, 3.05) is 39.8 Å². The first-order valence-corrected chi connectivity index (χ1v) is 9.91. The van der Waals surface area contributed by atoms with Crippen LogP contribution < -0.4 is 10.6 Å². The zero-order valence-corrected chi connectivity index (χ0v) is 20.1. The maximum absolute atomic E-state index is 12.1. The fourth-order valence-electron chi connectivity index (χ4n) is 3.50. The molecule has 1 fully saturated rings. The summed E-state index contributed by atoms with van der Waals surface area (Å²) in [6.07, 6.45) is 3.23. The highest BCUT2D eigenvalue weighted by Crippen LogP contribution is 2.25. The Morgan fingerprint density at radius 3 is 2.77 bits per heavy atom. The number of aryl methyl sites for hydroxylation is 2. The number of nitrogens with zero attached hydrogens (tertiary/aromatic N) is 3. The summed E-state index contributed by atoms with van der Waals surface area (Å²) in [7, 11) is 1.78. The summed E-state index contributed by atoms with van der Waals surface area (Å²) < 4.78 is 6.03. The molecule has 1 atom stereocenters. The molecule has 2 N–H and O–H groups in total. The lowest BCUT2D eigenvalue weighted by molar-refractivity contribution is -0.00829. The molecule has 1 unspecified atom stereocenters. The Morgan fingerprint density at radius 1 is 1.27 bits per heavy atom. The van der Waals surface area contributed by atoms with Crippen LogP contribution in [0.4, 0.5) is 0 Å². The molecule has 1 saturated heterocycles. The van der Waals surface area contributed by atoms with Gasteiger partial charge in [-0.05, 0) is 37.1 Å². The summed E-state index contributed by atoms with van der Waals surface area (Å²) in [6, 6.07) is 9.97. The molecule has 7 nitrogen and oxygen atoms in total. The molecule has 1 aliphatic rings. The highest BCUT2D eigenvalue weighted by molar-refractivity contribution is 14.0. The summed E-state index contributed by atoms with van der Waals surface area (Å²) in [5, 5.41) is 6.22. The average Bonchev–Trinajstić information content (AvgIpc) is 2.74. The van der Waals surface area contributed by atoms with E-state index in [1.165, 1.54) is 16.7 Å². The molecule has 1 aromatic carbocycles. The predicted octanol–water partition coefficient (Wildman–Crippen LogP) is 2.70. The van der Waals surface area contributed by atoms with E-state index in [9.17, 15) is 4.79 Å². The van der Waals surface area contributed by atoms with Gasteiger partial charge in [0.25, 0.3) is 5.91 Å². The smallest absolute Gasteiger partial charge is 0.252 e. The minimum absolute atomic E-state index is 0. The Morgan fingerprint density at radius 2 is 2.07 bits per heavy atom. The number of amides is 1. The quantitative estimate of drug-likeness (QED) is 0.273. The highest BCUT2D eigenvalue weighted by atomic mass is 127. The van der Waals surface area contributed by atoms with Gasteiger partial charge in [-0.2, -0.15) is 0 Å². The Bertz CT molecular complexity index is 860. The number of hydrogen-bond donors (Lipinski definition) is 2. The van der Waals surface area contributed by atoms with Crippen LogP contribution in [0.15, 0.2) is 47.7 Å². The molecule has 1 aliphatic heterocycles. The Balaban J connectivity index is 0.00000320. The van der Waals surface area contributed by atoms with Crippen molar-refractivity contribution in [1.82, 2.24) is 20.5 Å². The molecule has 8 heteroatoms. The van der Waals surface area contributed by atoms with Gasteiger partial charge in [-0.3, -0.25) is 14.8 Å². The standard InChI is InChI=1S/C22H29N5O2.HI/c1-16-6-7-19(17(2)13-16)20-15-27(11-12-29-20)22(23-3)26-10-9-25-21(28)18-5-4-8-24-14-18;/h4-8,13-14,20H,9-12,15H2,1-3H3,(H,23,26)(H,25,28);1H. The molecule has 2 heterocycles. The number of benzene rings is 1. The van der Waals surface area contributed by atoms with Crippen LogP contribution in [0.25, 0.3) is 0 Å². The molecular weight excluding hydrogens is 493 g/mol. The van der Waals surface area contributed by atoms with Gasteiger partial charge in [0.2, 0.25) is 0 Å². The predicted molar refractivity (Wildman–Crippen MR) is 130 cm³/mol. The topological polar surface area (TPSA) is 78.8 Å². The number of guanidine groups is 1. The Hall–Kier alpha value is -2.20. The van der Waals surface area contributed by atoms with E-state index >= 15 is 0 Å². The lowest BCUT2D eigenvalue weighted by atomic mass is 10.00.